The number of aliphatic hydroxyl groups is 1. The minimum atomic E-state index is -5.06. The average Bonchev–Trinajstić information content (AvgIpc) is 2.91. The van der Waals surface area contributed by atoms with Gasteiger partial charge >= 0.3 is 6.18 Å². The van der Waals surface area contributed by atoms with E-state index in [9.17, 15) is 23.1 Å². The molecule has 1 aromatic rings. The molecule has 1 aliphatic heterocycles. The molecule has 5 nitrogen and oxygen atoms in total. The maximum Gasteiger partial charge on any atom is 0.439 e. The molecule has 0 bridgehead atoms. The van der Waals surface area contributed by atoms with Crippen LogP contribution in [0.5, 0.6) is 5.75 Å². The van der Waals surface area contributed by atoms with Gasteiger partial charge in [-0.25, -0.2) is 0 Å². The van der Waals surface area contributed by atoms with E-state index in [1.807, 2.05) is 0 Å². The third-order valence-electron chi connectivity index (χ3n) is 4.79. The number of halogens is 5. The van der Waals surface area contributed by atoms with Gasteiger partial charge in [-0.05, 0) is 44.4 Å². The number of carbonyl (C=O) groups is 1. The summed E-state index contributed by atoms with van der Waals surface area (Å²) in [5.41, 5.74) is -3.19. The fraction of sp³-hybridized carbons (Fsp3) is 0.529. The summed E-state index contributed by atoms with van der Waals surface area (Å²) in [5, 5.41) is 14.9. The van der Waals surface area contributed by atoms with Gasteiger partial charge in [0.2, 0.25) is 0 Å². The molecule has 2 aliphatic rings. The summed E-state index contributed by atoms with van der Waals surface area (Å²) >= 11 is 11.8. The first-order valence-corrected chi connectivity index (χ1v) is 9.13. The highest BCUT2D eigenvalue weighted by atomic mass is 35.5. The van der Waals surface area contributed by atoms with E-state index in [0.29, 0.717) is 24.3 Å². The van der Waals surface area contributed by atoms with Crippen LogP contribution in [-0.4, -0.2) is 39.7 Å². The van der Waals surface area contributed by atoms with Crippen LogP contribution in [-0.2, 0) is 4.79 Å². The molecule has 3 rings (SSSR count). The molecule has 1 saturated carbocycles. The summed E-state index contributed by atoms with van der Waals surface area (Å²) in [6.07, 6.45) is -4.81. The number of nitrogens with zero attached hydrogens (tertiary/aromatic N) is 2. The molecule has 1 heterocycles. The van der Waals surface area contributed by atoms with E-state index in [2.05, 4.69) is 5.10 Å². The number of alkyl halides is 3. The molecule has 3 atom stereocenters. The molecule has 0 spiro atoms. The lowest BCUT2D eigenvalue weighted by Gasteiger charge is -2.38. The fourth-order valence-corrected chi connectivity index (χ4v) is 3.87. The van der Waals surface area contributed by atoms with Gasteiger partial charge < -0.3 is 9.84 Å². The minimum Gasteiger partial charge on any atom is -0.479 e. The van der Waals surface area contributed by atoms with Crippen LogP contribution in [0.15, 0.2) is 23.3 Å². The zero-order valence-electron chi connectivity index (χ0n) is 14.3. The summed E-state index contributed by atoms with van der Waals surface area (Å²) in [6.45, 7) is 1.27. The molecule has 148 valence electrons. The van der Waals surface area contributed by atoms with Crippen molar-refractivity contribution in [3.8, 4) is 5.75 Å². The maximum absolute atomic E-state index is 13.7. The van der Waals surface area contributed by atoms with Gasteiger partial charge in [0.05, 0.1) is 10.9 Å². The van der Waals surface area contributed by atoms with Crippen molar-refractivity contribution in [2.75, 3.05) is 0 Å². The molecule has 1 aromatic carbocycles. The van der Waals surface area contributed by atoms with E-state index < -0.39 is 29.8 Å². The van der Waals surface area contributed by atoms with Crippen LogP contribution in [0.2, 0.25) is 10.0 Å². The Balaban J connectivity index is 1.88. The second-order valence-electron chi connectivity index (χ2n) is 6.60. The van der Waals surface area contributed by atoms with Crippen LogP contribution in [0.4, 0.5) is 13.2 Å². The van der Waals surface area contributed by atoms with E-state index >= 15 is 0 Å². The number of ether oxygens (including phenoxy) is 1. The van der Waals surface area contributed by atoms with Gasteiger partial charge in [-0.2, -0.15) is 23.3 Å². The summed E-state index contributed by atoms with van der Waals surface area (Å²) in [7, 11) is 0. The molecule has 0 radical (unpaired) electrons. The lowest BCUT2D eigenvalue weighted by molar-refractivity contribution is -0.318. The molecule has 0 saturated heterocycles. The zero-order chi connectivity index (χ0) is 20.0. The highest BCUT2D eigenvalue weighted by Gasteiger charge is 2.68. The highest BCUT2D eigenvalue weighted by Crippen LogP contribution is 2.48. The Morgan fingerprint density at radius 3 is 2.74 bits per heavy atom. The van der Waals surface area contributed by atoms with Crippen LogP contribution in [0, 0.1) is 5.92 Å². The summed E-state index contributed by atoms with van der Waals surface area (Å²) in [5.74, 6) is -2.29. The average molecular weight is 425 g/mol. The topological polar surface area (TPSA) is 62.1 Å². The Kier molecular flexibility index (Phi) is 5.35. The lowest BCUT2D eigenvalue weighted by Crippen LogP contribution is -2.62. The van der Waals surface area contributed by atoms with Crippen molar-refractivity contribution in [2.24, 2.45) is 11.0 Å². The van der Waals surface area contributed by atoms with Gasteiger partial charge in [0.1, 0.15) is 5.75 Å². The van der Waals surface area contributed by atoms with Crippen LogP contribution in [0.3, 0.4) is 0 Å². The maximum atomic E-state index is 13.7. The van der Waals surface area contributed by atoms with E-state index in [4.69, 9.17) is 27.9 Å². The van der Waals surface area contributed by atoms with Gasteiger partial charge in [0.15, 0.2) is 6.10 Å². The number of amides is 1. The Bertz CT molecular complexity index is 787. The Morgan fingerprint density at radius 2 is 2.11 bits per heavy atom. The zero-order valence-corrected chi connectivity index (χ0v) is 15.8. The standard InChI is InChI=1S/C17H17Cl2F3N2O3/c1-9(27-14-7-6-10(18)8-12(14)19)15(25)24-16(26,17(20,21)22)11-4-2-3-5-13(11)23-24/h6-9,11,26H,2-5H2,1H3/t9-,11+,16-/m0/s1. The first-order chi connectivity index (χ1) is 12.6. The van der Waals surface area contributed by atoms with Crippen LogP contribution in [0.1, 0.15) is 32.6 Å². The molecule has 1 fully saturated rings. The normalized spacial score (nSPS) is 26.4. The number of carbonyl (C=O) groups excluding carboxylic acids is 1. The lowest BCUT2D eigenvalue weighted by atomic mass is 9.80. The predicted octanol–water partition coefficient (Wildman–Crippen LogP) is 4.40. The van der Waals surface area contributed by atoms with Crippen LogP contribution < -0.4 is 4.74 Å². The third kappa shape index (κ3) is 3.50. The van der Waals surface area contributed by atoms with Gasteiger partial charge in [-0.15, -0.1) is 0 Å². The Hall–Kier alpha value is -1.51. The predicted molar refractivity (Wildman–Crippen MR) is 93.8 cm³/mol. The largest absolute Gasteiger partial charge is 0.479 e. The first kappa shape index (κ1) is 20.2. The number of rotatable bonds is 3. The second-order valence-corrected chi connectivity index (χ2v) is 7.44. The number of hydrogen-bond acceptors (Lipinski definition) is 4. The number of hydrazone groups is 1. The molecule has 1 N–H and O–H groups in total. The van der Waals surface area contributed by atoms with Gasteiger partial charge in [-0.3, -0.25) is 4.79 Å². The van der Waals surface area contributed by atoms with Crippen molar-refractivity contribution in [1.29, 1.82) is 0 Å². The van der Waals surface area contributed by atoms with Crippen LogP contribution >= 0.6 is 23.2 Å². The molecular formula is C17H17Cl2F3N2O3. The number of benzene rings is 1. The van der Waals surface area contributed by atoms with Crippen molar-refractivity contribution in [3.63, 3.8) is 0 Å². The van der Waals surface area contributed by atoms with E-state index in [1.165, 1.54) is 25.1 Å². The SMILES string of the molecule is C[C@H](Oc1ccc(Cl)cc1Cl)C(=O)N1N=C2CCCC[C@H]2[C@]1(O)C(F)(F)F. The van der Waals surface area contributed by atoms with E-state index in [0.717, 1.165) is 0 Å². The molecule has 1 aliphatic carbocycles. The van der Waals surface area contributed by atoms with Crippen molar-refractivity contribution in [1.82, 2.24) is 5.01 Å². The number of hydrogen-bond donors (Lipinski definition) is 1. The van der Waals surface area contributed by atoms with Gasteiger partial charge in [0.25, 0.3) is 11.6 Å². The minimum absolute atomic E-state index is 0.0849. The van der Waals surface area contributed by atoms with Crippen LogP contribution in [0.25, 0.3) is 0 Å². The number of fused-ring (bicyclic) bond motifs is 1. The quantitative estimate of drug-likeness (QED) is 0.781. The summed E-state index contributed by atoms with van der Waals surface area (Å²) < 4.78 is 46.6. The first-order valence-electron chi connectivity index (χ1n) is 8.38. The van der Waals surface area contributed by atoms with E-state index in [-0.39, 0.29) is 27.9 Å². The molecule has 0 aromatic heterocycles. The van der Waals surface area contributed by atoms with Crippen molar-refractivity contribution in [3.05, 3.63) is 28.2 Å². The van der Waals surface area contributed by atoms with Crippen molar-refractivity contribution in [2.45, 2.75) is 50.6 Å². The van der Waals surface area contributed by atoms with E-state index in [1.54, 1.807) is 0 Å². The smallest absolute Gasteiger partial charge is 0.439 e. The van der Waals surface area contributed by atoms with Gasteiger partial charge in [-0.1, -0.05) is 29.6 Å². The van der Waals surface area contributed by atoms with Crippen molar-refractivity contribution >= 4 is 34.8 Å². The highest BCUT2D eigenvalue weighted by molar-refractivity contribution is 6.35. The fourth-order valence-electron chi connectivity index (χ4n) is 3.42. The summed E-state index contributed by atoms with van der Waals surface area (Å²) in [6, 6.07) is 4.25. The molecule has 0 unspecified atom stereocenters. The molecular weight excluding hydrogens is 408 g/mol. The molecule has 27 heavy (non-hydrogen) atoms. The molecule has 10 heteroatoms. The Morgan fingerprint density at radius 1 is 1.41 bits per heavy atom. The van der Waals surface area contributed by atoms with Gasteiger partial charge in [0, 0.05) is 10.7 Å². The third-order valence-corrected chi connectivity index (χ3v) is 5.32. The molecule has 1 amide bonds. The van der Waals surface area contributed by atoms with Crippen molar-refractivity contribution < 1.29 is 27.8 Å². The summed E-state index contributed by atoms with van der Waals surface area (Å²) in [4.78, 5) is 12.7. The monoisotopic (exact) mass is 424 g/mol. The second kappa shape index (κ2) is 7.14. The Labute approximate surface area is 163 Å².